The molecule has 0 amide bonds. The molecular weight excluding hydrogens is 280 g/mol. The monoisotopic (exact) mass is 296 g/mol. The largest absolute Gasteiger partial charge is 0.465 e. The quantitative estimate of drug-likeness (QED) is 0.695. The molecule has 0 atom stereocenters. The number of carbonyl (C=O) groups is 1. The number of rotatable bonds is 4. The molecule has 3 rings (SSSR count). The average molecular weight is 296 g/mol. The lowest BCUT2D eigenvalue weighted by molar-refractivity contribution is 0.0601. The molecule has 0 N–H and O–H groups in total. The lowest BCUT2D eigenvalue weighted by Gasteiger charge is -2.10. The molecule has 0 saturated carbocycles. The zero-order chi connectivity index (χ0) is 15.5. The summed E-state index contributed by atoms with van der Waals surface area (Å²) in [5.41, 5.74) is 2.51. The Balaban J connectivity index is 2.11. The molecule has 2 heterocycles. The first-order chi connectivity index (χ1) is 10.7. The predicted molar refractivity (Wildman–Crippen MR) is 83.1 cm³/mol. The standard InChI is InChI=1S/C17H16N2O3/c1-21-11-14-4-3-8-18-16(14)19-9-7-12-10-13(17(20)22-2)5-6-15(12)19/h3-10H,11H2,1-2H3. The van der Waals surface area contributed by atoms with Gasteiger partial charge in [0, 0.05) is 30.5 Å². The van der Waals surface area contributed by atoms with Crippen molar-refractivity contribution in [1.29, 1.82) is 0 Å². The number of nitrogens with zero attached hydrogens (tertiary/aromatic N) is 2. The first kappa shape index (κ1) is 14.3. The second-order valence-corrected chi connectivity index (χ2v) is 4.87. The number of aromatic nitrogens is 2. The Kier molecular flexibility index (Phi) is 3.89. The van der Waals surface area contributed by atoms with E-state index in [0.717, 1.165) is 22.3 Å². The molecule has 2 aromatic heterocycles. The SMILES string of the molecule is COCc1cccnc1-n1ccc2cc(C(=O)OC)ccc21. The van der Waals surface area contributed by atoms with Crippen LogP contribution in [-0.4, -0.2) is 29.7 Å². The molecule has 0 radical (unpaired) electrons. The van der Waals surface area contributed by atoms with Crippen molar-refractivity contribution >= 4 is 16.9 Å². The molecule has 1 aromatic carbocycles. The summed E-state index contributed by atoms with van der Waals surface area (Å²) < 4.78 is 12.0. The fourth-order valence-electron chi connectivity index (χ4n) is 2.49. The highest BCUT2D eigenvalue weighted by molar-refractivity contribution is 5.95. The van der Waals surface area contributed by atoms with Gasteiger partial charge in [0.1, 0.15) is 5.82 Å². The van der Waals surface area contributed by atoms with Crippen LogP contribution in [0.25, 0.3) is 16.7 Å². The summed E-state index contributed by atoms with van der Waals surface area (Å²) in [7, 11) is 3.04. The molecule has 5 heteroatoms. The summed E-state index contributed by atoms with van der Waals surface area (Å²) in [5.74, 6) is 0.484. The molecule has 0 saturated heterocycles. The Labute approximate surface area is 128 Å². The van der Waals surface area contributed by atoms with Gasteiger partial charge in [-0.15, -0.1) is 0 Å². The van der Waals surface area contributed by atoms with Crippen molar-refractivity contribution in [3.05, 3.63) is 59.9 Å². The normalized spacial score (nSPS) is 10.8. The van der Waals surface area contributed by atoms with Crippen LogP contribution in [0, 0.1) is 0 Å². The molecule has 22 heavy (non-hydrogen) atoms. The number of esters is 1. The van der Waals surface area contributed by atoms with E-state index in [1.807, 2.05) is 41.1 Å². The maximum Gasteiger partial charge on any atom is 0.337 e. The van der Waals surface area contributed by atoms with Gasteiger partial charge in [-0.2, -0.15) is 0 Å². The fourth-order valence-corrected chi connectivity index (χ4v) is 2.49. The van der Waals surface area contributed by atoms with Gasteiger partial charge >= 0.3 is 5.97 Å². The third kappa shape index (κ3) is 2.46. The summed E-state index contributed by atoms with van der Waals surface area (Å²) >= 11 is 0. The number of pyridine rings is 1. The van der Waals surface area contributed by atoms with E-state index in [1.54, 1.807) is 19.4 Å². The minimum Gasteiger partial charge on any atom is -0.465 e. The van der Waals surface area contributed by atoms with Crippen LogP contribution in [0.1, 0.15) is 15.9 Å². The van der Waals surface area contributed by atoms with Crippen molar-refractivity contribution in [3.63, 3.8) is 0 Å². The smallest absolute Gasteiger partial charge is 0.337 e. The van der Waals surface area contributed by atoms with Crippen LogP contribution >= 0.6 is 0 Å². The third-order valence-corrected chi connectivity index (χ3v) is 3.51. The fraction of sp³-hybridized carbons (Fsp3) is 0.176. The summed E-state index contributed by atoms with van der Waals surface area (Å²) in [6, 6.07) is 11.3. The van der Waals surface area contributed by atoms with Crippen LogP contribution in [0.2, 0.25) is 0 Å². The van der Waals surface area contributed by atoms with Gasteiger partial charge in [-0.25, -0.2) is 9.78 Å². The lowest BCUT2D eigenvalue weighted by Crippen LogP contribution is -2.03. The Morgan fingerprint density at radius 2 is 2.09 bits per heavy atom. The van der Waals surface area contributed by atoms with Crippen molar-refractivity contribution in [3.8, 4) is 5.82 Å². The van der Waals surface area contributed by atoms with E-state index in [2.05, 4.69) is 4.98 Å². The van der Waals surface area contributed by atoms with Crippen LogP contribution in [0.15, 0.2) is 48.8 Å². The maximum atomic E-state index is 11.6. The minimum absolute atomic E-state index is 0.340. The van der Waals surface area contributed by atoms with Crippen LogP contribution in [0.5, 0.6) is 0 Å². The topological polar surface area (TPSA) is 53.4 Å². The molecule has 0 unspecified atom stereocenters. The van der Waals surface area contributed by atoms with Crippen LogP contribution in [-0.2, 0) is 16.1 Å². The molecule has 112 valence electrons. The molecule has 0 bridgehead atoms. The number of carbonyl (C=O) groups excluding carboxylic acids is 1. The van der Waals surface area contributed by atoms with E-state index < -0.39 is 0 Å². The Morgan fingerprint density at radius 1 is 1.23 bits per heavy atom. The van der Waals surface area contributed by atoms with Gasteiger partial charge in [0.25, 0.3) is 0 Å². The Morgan fingerprint density at radius 3 is 2.86 bits per heavy atom. The first-order valence-electron chi connectivity index (χ1n) is 6.87. The molecule has 5 nitrogen and oxygen atoms in total. The third-order valence-electron chi connectivity index (χ3n) is 3.51. The van der Waals surface area contributed by atoms with Crippen molar-refractivity contribution in [2.75, 3.05) is 14.2 Å². The first-order valence-corrected chi connectivity index (χ1v) is 6.87. The number of fused-ring (bicyclic) bond motifs is 1. The van der Waals surface area contributed by atoms with Gasteiger partial charge in [0.15, 0.2) is 0 Å². The number of methoxy groups -OCH3 is 2. The van der Waals surface area contributed by atoms with Crippen molar-refractivity contribution in [2.24, 2.45) is 0 Å². The lowest BCUT2D eigenvalue weighted by atomic mass is 10.1. The zero-order valence-corrected chi connectivity index (χ0v) is 12.4. The Bertz CT molecular complexity index is 824. The van der Waals surface area contributed by atoms with Crippen LogP contribution < -0.4 is 0 Å². The minimum atomic E-state index is -0.340. The van der Waals surface area contributed by atoms with E-state index in [-0.39, 0.29) is 5.97 Å². The van der Waals surface area contributed by atoms with E-state index in [0.29, 0.717) is 12.2 Å². The van der Waals surface area contributed by atoms with Gasteiger partial charge < -0.3 is 14.0 Å². The van der Waals surface area contributed by atoms with Crippen molar-refractivity contribution in [1.82, 2.24) is 9.55 Å². The number of hydrogen-bond donors (Lipinski definition) is 0. The molecule has 3 aromatic rings. The molecule has 0 aliphatic heterocycles. The Hall–Kier alpha value is -2.66. The van der Waals surface area contributed by atoms with Gasteiger partial charge in [-0.3, -0.25) is 0 Å². The molecule has 0 fully saturated rings. The van der Waals surface area contributed by atoms with E-state index in [4.69, 9.17) is 9.47 Å². The summed E-state index contributed by atoms with van der Waals surface area (Å²) in [6.45, 7) is 0.489. The number of ether oxygens (including phenoxy) is 2. The van der Waals surface area contributed by atoms with Gasteiger partial charge in [-0.1, -0.05) is 6.07 Å². The summed E-state index contributed by atoms with van der Waals surface area (Å²) in [4.78, 5) is 16.1. The maximum absolute atomic E-state index is 11.6. The summed E-state index contributed by atoms with van der Waals surface area (Å²) in [6.07, 6.45) is 3.69. The molecule has 0 aliphatic carbocycles. The average Bonchev–Trinajstić information content (AvgIpc) is 2.98. The molecule has 0 spiro atoms. The van der Waals surface area contributed by atoms with E-state index in [1.165, 1.54) is 7.11 Å². The molecule has 0 aliphatic rings. The van der Waals surface area contributed by atoms with E-state index >= 15 is 0 Å². The highest BCUT2D eigenvalue weighted by Crippen LogP contribution is 2.23. The summed E-state index contributed by atoms with van der Waals surface area (Å²) in [5, 5.41) is 0.955. The van der Waals surface area contributed by atoms with E-state index in [9.17, 15) is 4.79 Å². The van der Waals surface area contributed by atoms with Crippen LogP contribution in [0.4, 0.5) is 0 Å². The highest BCUT2D eigenvalue weighted by Gasteiger charge is 2.11. The van der Waals surface area contributed by atoms with Crippen molar-refractivity contribution < 1.29 is 14.3 Å². The van der Waals surface area contributed by atoms with Gasteiger partial charge in [-0.05, 0) is 30.3 Å². The van der Waals surface area contributed by atoms with Crippen molar-refractivity contribution in [2.45, 2.75) is 6.61 Å². The predicted octanol–water partition coefficient (Wildman–Crippen LogP) is 2.96. The number of benzene rings is 1. The van der Waals surface area contributed by atoms with Gasteiger partial charge in [0.2, 0.25) is 0 Å². The van der Waals surface area contributed by atoms with Crippen LogP contribution in [0.3, 0.4) is 0 Å². The molecular formula is C17H16N2O3. The second-order valence-electron chi connectivity index (χ2n) is 4.87. The zero-order valence-electron chi connectivity index (χ0n) is 12.4. The number of hydrogen-bond acceptors (Lipinski definition) is 4. The second kappa shape index (κ2) is 5.99. The van der Waals surface area contributed by atoms with Gasteiger partial charge in [0.05, 0.1) is 24.8 Å². The highest BCUT2D eigenvalue weighted by atomic mass is 16.5.